The van der Waals surface area contributed by atoms with Gasteiger partial charge in [-0.3, -0.25) is 14.4 Å². The zero-order valence-corrected chi connectivity index (χ0v) is 42.9. The van der Waals surface area contributed by atoms with Crippen molar-refractivity contribution >= 4 is 17.9 Å². The lowest BCUT2D eigenvalue weighted by Crippen LogP contribution is -2.30. The molecule has 0 fully saturated rings. The predicted octanol–water partition coefficient (Wildman–Crippen LogP) is 17.9. The fourth-order valence-corrected chi connectivity index (χ4v) is 6.60. The molecule has 0 saturated carbocycles. The highest BCUT2D eigenvalue weighted by Gasteiger charge is 2.19. The summed E-state index contributed by atoms with van der Waals surface area (Å²) >= 11 is 0. The third-order valence-electron chi connectivity index (χ3n) is 10.6. The van der Waals surface area contributed by atoms with E-state index in [1.165, 1.54) is 51.4 Å². The normalized spacial score (nSPS) is 13.2. The van der Waals surface area contributed by atoms with E-state index in [1.807, 2.05) is 0 Å². The van der Waals surface area contributed by atoms with Gasteiger partial charge >= 0.3 is 17.9 Å². The van der Waals surface area contributed by atoms with Crippen LogP contribution in [0.3, 0.4) is 0 Å². The van der Waals surface area contributed by atoms with Crippen LogP contribution in [0.5, 0.6) is 0 Å². The first-order chi connectivity index (χ1) is 33.0. The van der Waals surface area contributed by atoms with Crippen LogP contribution < -0.4 is 0 Å². The van der Waals surface area contributed by atoms with Crippen LogP contribution in [0.25, 0.3) is 0 Å². The zero-order valence-electron chi connectivity index (χ0n) is 42.9. The van der Waals surface area contributed by atoms with Gasteiger partial charge in [-0.05, 0) is 141 Å². The Morgan fingerprint density at radius 3 is 0.910 bits per heavy atom. The number of carbonyl (C=O) groups is 3. The van der Waals surface area contributed by atoms with E-state index in [0.717, 1.165) is 109 Å². The summed E-state index contributed by atoms with van der Waals surface area (Å²) in [7, 11) is 0. The van der Waals surface area contributed by atoms with Crippen molar-refractivity contribution < 1.29 is 28.6 Å². The van der Waals surface area contributed by atoms with E-state index in [1.54, 1.807) is 0 Å². The Hall–Kier alpha value is -4.45. The summed E-state index contributed by atoms with van der Waals surface area (Å²) < 4.78 is 16.7. The highest BCUT2D eigenvalue weighted by atomic mass is 16.6. The molecule has 0 bridgehead atoms. The summed E-state index contributed by atoms with van der Waals surface area (Å²) in [6.45, 7) is 6.35. The fourth-order valence-electron chi connectivity index (χ4n) is 6.60. The van der Waals surface area contributed by atoms with E-state index >= 15 is 0 Å². The Labute approximate surface area is 411 Å². The van der Waals surface area contributed by atoms with Crippen LogP contribution in [-0.4, -0.2) is 37.2 Å². The van der Waals surface area contributed by atoms with Gasteiger partial charge < -0.3 is 14.2 Å². The summed E-state index contributed by atoms with van der Waals surface area (Å²) in [5.74, 6) is -1.05. The summed E-state index contributed by atoms with van der Waals surface area (Å²) in [6, 6.07) is 0. The van der Waals surface area contributed by atoms with Crippen LogP contribution in [0, 0.1) is 0 Å². The molecule has 376 valence electrons. The second kappa shape index (κ2) is 54.2. The lowest BCUT2D eigenvalue weighted by atomic mass is 10.1. The predicted molar refractivity (Wildman–Crippen MR) is 288 cm³/mol. The van der Waals surface area contributed by atoms with Crippen LogP contribution in [0.4, 0.5) is 0 Å². The molecular formula is C61H96O6. The average Bonchev–Trinajstić information content (AvgIpc) is 3.33. The number of carbonyl (C=O) groups excluding carboxylic acids is 3. The quantitative estimate of drug-likeness (QED) is 0.0262. The van der Waals surface area contributed by atoms with Crippen molar-refractivity contribution in [1.82, 2.24) is 0 Å². The maximum absolute atomic E-state index is 12.8. The second-order valence-electron chi connectivity index (χ2n) is 17.0. The molecule has 0 N–H and O–H groups in total. The maximum atomic E-state index is 12.8. The largest absolute Gasteiger partial charge is 0.462 e. The molecule has 0 aromatic heterocycles. The van der Waals surface area contributed by atoms with E-state index in [2.05, 4.69) is 154 Å². The third kappa shape index (κ3) is 52.4. The van der Waals surface area contributed by atoms with E-state index in [-0.39, 0.29) is 44.0 Å². The molecule has 0 radical (unpaired) electrons. The van der Waals surface area contributed by atoms with Gasteiger partial charge in [0.25, 0.3) is 0 Å². The molecule has 0 aliphatic carbocycles. The topological polar surface area (TPSA) is 78.9 Å². The Bertz CT molecular complexity index is 1480. The Morgan fingerprint density at radius 1 is 0.313 bits per heavy atom. The molecule has 0 rings (SSSR count). The molecule has 67 heavy (non-hydrogen) atoms. The van der Waals surface area contributed by atoms with Crippen molar-refractivity contribution in [3.05, 3.63) is 134 Å². The van der Waals surface area contributed by atoms with Gasteiger partial charge in [-0.1, -0.05) is 187 Å². The number of allylic oxidation sites excluding steroid dienone is 22. The Kier molecular flexibility index (Phi) is 50.6. The lowest BCUT2D eigenvalue weighted by molar-refractivity contribution is -0.167. The molecule has 6 nitrogen and oxygen atoms in total. The van der Waals surface area contributed by atoms with Crippen LogP contribution in [0.15, 0.2) is 134 Å². The number of ether oxygens (including phenoxy) is 3. The minimum absolute atomic E-state index is 0.128. The molecule has 0 saturated heterocycles. The van der Waals surface area contributed by atoms with Gasteiger partial charge in [-0.15, -0.1) is 0 Å². The van der Waals surface area contributed by atoms with E-state index in [9.17, 15) is 14.4 Å². The van der Waals surface area contributed by atoms with Crippen molar-refractivity contribution in [3.63, 3.8) is 0 Å². The Balaban J connectivity index is 4.59. The third-order valence-corrected chi connectivity index (χ3v) is 10.6. The first kappa shape index (κ1) is 62.5. The van der Waals surface area contributed by atoms with E-state index < -0.39 is 6.10 Å². The van der Waals surface area contributed by atoms with Crippen LogP contribution in [0.2, 0.25) is 0 Å². The second-order valence-corrected chi connectivity index (χ2v) is 17.0. The highest BCUT2D eigenvalue weighted by molar-refractivity contribution is 5.71. The number of hydrogen-bond acceptors (Lipinski definition) is 6. The van der Waals surface area contributed by atoms with Crippen molar-refractivity contribution in [3.8, 4) is 0 Å². The summed E-state index contributed by atoms with van der Waals surface area (Å²) in [5.41, 5.74) is 0. The number of esters is 3. The SMILES string of the molecule is CC/C=C\C/C=C\C/C=C\C/C=C\CCCCC(=O)OC[C@H](COC(=O)CCCCC/C=C\C/C=C\C/C=C\C/C=C\CCCCC)OC(=O)CCCC/C=C\C/C=C\C/C=C\CCCCC. The number of rotatable bonds is 46. The monoisotopic (exact) mass is 925 g/mol. The average molecular weight is 925 g/mol. The van der Waals surface area contributed by atoms with Crippen LogP contribution in [-0.2, 0) is 28.6 Å². The summed E-state index contributed by atoms with van der Waals surface area (Å²) in [4.78, 5) is 38.0. The number of unbranched alkanes of at least 4 members (excludes halogenated alkanes) is 13. The van der Waals surface area contributed by atoms with Gasteiger partial charge in [0.15, 0.2) is 6.10 Å². The first-order valence-corrected chi connectivity index (χ1v) is 26.7. The number of hydrogen-bond donors (Lipinski definition) is 0. The molecular weight excluding hydrogens is 829 g/mol. The molecule has 0 aliphatic rings. The first-order valence-electron chi connectivity index (χ1n) is 26.7. The molecule has 0 heterocycles. The van der Waals surface area contributed by atoms with Gasteiger partial charge in [-0.25, -0.2) is 0 Å². The van der Waals surface area contributed by atoms with Crippen molar-refractivity contribution in [1.29, 1.82) is 0 Å². The maximum Gasteiger partial charge on any atom is 0.306 e. The van der Waals surface area contributed by atoms with Crippen molar-refractivity contribution in [2.24, 2.45) is 0 Å². The minimum atomic E-state index is -0.833. The molecule has 0 amide bonds. The molecule has 0 aromatic rings. The fraction of sp³-hybridized carbons (Fsp3) is 0.590. The molecule has 1 atom stereocenters. The van der Waals surface area contributed by atoms with Gasteiger partial charge in [0, 0.05) is 19.3 Å². The zero-order chi connectivity index (χ0) is 48.6. The van der Waals surface area contributed by atoms with Crippen LogP contribution in [0.1, 0.15) is 213 Å². The van der Waals surface area contributed by atoms with E-state index in [0.29, 0.717) is 19.3 Å². The molecule has 0 aliphatic heterocycles. The molecule has 0 spiro atoms. The molecule has 6 heteroatoms. The van der Waals surface area contributed by atoms with Gasteiger partial charge in [0.05, 0.1) is 0 Å². The summed E-state index contributed by atoms with van der Waals surface area (Å²) in [6.07, 6.45) is 75.8. The van der Waals surface area contributed by atoms with Crippen LogP contribution >= 0.6 is 0 Å². The van der Waals surface area contributed by atoms with Crippen molar-refractivity contribution in [2.45, 2.75) is 219 Å². The standard InChI is InChI=1S/C61H96O6/c1-4-7-10-13-16-19-22-25-28-29-30-31-34-36-39-42-45-48-51-54-60(63)66-57-58(67-61(64)55-52-49-46-43-40-37-33-27-24-21-18-15-12-9-6-3)56-65-59(62)53-50-47-44-41-38-35-32-26-23-20-17-14-11-8-5-2/h8,11,16-21,25-28,30-33,36,38-41,43,58H,4-7,9-10,12-15,22-24,29,34-35,37,42,44-57H2,1-3H3/b11-8-,19-16-,20-17-,21-18-,28-25-,31-30-,32-26-,33-27-,39-36-,41-38-,43-40-/t58-/m1/s1. The van der Waals surface area contributed by atoms with Gasteiger partial charge in [0.2, 0.25) is 0 Å². The van der Waals surface area contributed by atoms with Gasteiger partial charge in [-0.2, -0.15) is 0 Å². The molecule has 0 aromatic carbocycles. The minimum Gasteiger partial charge on any atom is -0.462 e. The smallest absolute Gasteiger partial charge is 0.306 e. The summed E-state index contributed by atoms with van der Waals surface area (Å²) in [5, 5.41) is 0. The lowest BCUT2D eigenvalue weighted by Gasteiger charge is -2.18. The van der Waals surface area contributed by atoms with E-state index in [4.69, 9.17) is 14.2 Å². The molecule has 0 unspecified atom stereocenters. The van der Waals surface area contributed by atoms with Crippen molar-refractivity contribution in [2.75, 3.05) is 13.2 Å². The highest BCUT2D eigenvalue weighted by Crippen LogP contribution is 2.11. The Morgan fingerprint density at radius 2 is 0.582 bits per heavy atom. The van der Waals surface area contributed by atoms with Gasteiger partial charge in [0.1, 0.15) is 13.2 Å².